The zero-order valence-electron chi connectivity index (χ0n) is 12.3. The molecule has 0 saturated carbocycles. The number of anilines is 1. The fourth-order valence-electron chi connectivity index (χ4n) is 1.69. The standard InChI is InChI=1S/C14H18N4O3/c1-15-13-16-12(17-14(18-13)20-3)10-6-4-5-7-11(10)21-9-8-19-2/h4-7H,8-9H2,1-3H3,(H,15,16,17,18). The van der Waals surface area contributed by atoms with Crippen molar-refractivity contribution in [3.63, 3.8) is 0 Å². The molecule has 0 aliphatic carbocycles. The molecule has 0 spiro atoms. The van der Waals surface area contributed by atoms with Crippen molar-refractivity contribution in [2.24, 2.45) is 0 Å². The Morgan fingerprint density at radius 2 is 1.86 bits per heavy atom. The molecule has 0 fully saturated rings. The van der Waals surface area contributed by atoms with Crippen LogP contribution in [0.2, 0.25) is 0 Å². The summed E-state index contributed by atoms with van der Waals surface area (Å²) in [6.45, 7) is 0.964. The summed E-state index contributed by atoms with van der Waals surface area (Å²) in [7, 11) is 4.88. The minimum Gasteiger partial charge on any atom is -0.490 e. The van der Waals surface area contributed by atoms with Gasteiger partial charge in [0.25, 0.3) is 0 Å². The minimum atomic E-state index is 0.246. The lowest BCUT2D eigenvalue weighted by Gasteiger charge is -2.11. The van der Waals surface area contributed by atoms with Gasteiger partial charge in [-0.1, -0.05) is 12.1 Å². The van der Waals surface area contributed by atoms with Crippen molar-refractivity contribution in [2.75, 3.05) is 39.8 Å². The van der Waals surface area contributed by atoms with Crippen LogP contribution in [0.1, 0.15) is 0 Å². The zero-order valence-corrected chi connectivity index (χ0v) is 12.3. The van der Waals surface area contributed by atoms with Crippen LogP contribution >= 0.6 is 0 Å². The van der Waals surface area contributed by atoms with Crippen molar-refractivity contribution >= 4 is 5.95 Å². The average Bonchev–Trinajstić information content (AvgIpc) is 2.55. The predicted octanol–water partition coefficient (Wildman–Crippen LogP) is 1.61. The Labute approximate surface area is 123 Å². The van der Waals surface area contributed by atoms with Gasteiger partial charge in [0.2, 0.25) is 5.95 Å². The van der Waals surface area contributed by atoms with E-state index in [0.29, 0.717) is 30.7 Å². The van der Waals surface area contributed by atoms with Crippen molar-refractivity contribution in [3.8, 4) is 23.1 Å². The van der Waals surface area contributed by atoms with Crippen LogP contribution in [-0.4, -0.2) is 49.4 Å². The minimum absolute atomic E-state index is 0.246. The Balaban J connectivity index is 2.36. The molecule has 0 aliphatic heterocycles. The molecule has 0 unspecified atom stereocenters. The molecule has 1 heterocycles. The summed E-state index contributed by atoms with van der Waals surface area (Å²) in [4.78, 5) is 12.7. The molecule has 1 aromatic carbocycles. The van der Waals surface area contributed by atoms with Gasteiger partial charge in [0.15, 0.2) is 5.82 Å². The molecule has 0 radical (unpaired) electrons. The fourth-order valence-corrected chi connectivity index (χ4v) is 1.69. The molecule has 1 aromatic heterocycles. The van der Waals surface area contributed by atoms with Gasteiger partial charge in [-0.3, -0.25) is 0 Å². The third-order valence-electron chi connectivity index (χ3n) is 2.69. The number of aromatic nitrogens is 3. The van der Waals surface area contributed by atoms with Crippen LogP contribution in [0.5, 0.6) is 11.8 Å². The van der Waals surface area contributed by atoms with Crippen molar-refractivity contribution in [3.05, 3.63) is 24.3 Å². The van der Waals surface area contributed by atoms with Crippen LogP contribution in [0.25, 0.3) is 11.4 Å². The van der Waals surface area contributed by atoms with Gasteiger partial charge in [-0.05, 0) is 12.1 Å². The third-order valence-corrected chi connectivity index (χ3v) is 2.69. The Morgan fingerprint density at radius 1 is 1.05 bits per heavy atom. The lowest BCUT2D eigenvalue weighted by atomic mass is 10.2. The number of nitrogens with zero attached hydrogens (tertiary/aromatic N) is 3. The first-order valence-corrected chi connectivity index (χ1v) is 6.47. The van der Waals surface area contributed by atoms with E-state index < -0.39 is 0 Å². The maximum atomic E-state index is 5.69. The zero-order chi connectivity index (χ0) is 15.1. The van der Waals surface area contributed by atoms with E-state index in [9.17, 15) is 0 Å². The highest BCUT2D eigenvalue weighted by Crippen LogP contribution is 2.28. The molecule has 1 N–H and O–H groups in total. The highest BCUT2D eigenvalue weighted by atomic mass is 16.5. The van der Waals surface area contributed by atoms with E-state index in [1.165, 1.54) is 7.11 Å². The molecule has 112 valence electrons. The molecular weight excluding hydrogens is 272 g/mol. The van der Waals surface area contributed by atoms with Gasteiger partial charge in [0.05, 0.1) is 19.3 Å². The number of hydrogen-bond donors (Lipinski definition) is 1. The second-order valence-electron chi connectivity index (χ2n) is 4.06. The van der Waals surface area contributed by atoms with E-state index in [4.69, 9.17) is 14.2 Å². The highest BCUT2D eigenvalue weighted by molar-refractivity contribution is 5.64. The first kappa shape index (κ1) is 15.0. The first-order chi connectivity index (χ1) is 10.3. The van der Waals surface area contributed by atoms with Crippen molar-refractivity contribution < 1.29 is 14.2 Å². The Hall–Kier alpha value is -2.41. The number of hydrogen-bond acceptors (Lipinski definition) is 7. The van der Waals surface area contributed by atoms with E-state index in [0.717, 1.165) is 5.56 Å². The summed E-state index contributed by atoms with van der Waals surface area (Å²) < 4.78 is 15.8. The summed E-state index contributed by atoms with van der Waals surface area (Å²) in [5.74, 6) is 1.60. The van der Waals surface area contributed by atoms with Crippen LogP contribution in [0.4, 0.5) is 5.95 Å². The van der Waals surface area contributed by atoms with Gasteiger partial charge in [-0.15, -0.1) is 0 Å². The van der Waals surface area contributed by atoms with Gasteiger partial charge in [-0.25, -0.2) is 0 Å². The number of para-hydroxylation sites is 1. The number of methoxy groups -OCH3 is 2. The molecule has 2 rings (SSSR count). The molecule has 0 amide bonds. The maximum Gasteiger partial charge on any atom is 0.321 e. The molecule has 21 heavy (non-hydrogen) atoms. The third kappa shape index (κ3) is 3.79. The fraction of sp³-hybridized carbons (Fsp3) is 0.357. The SMILES string of the molecule is CNc1nc(OC)nc(-c2ccccc2OCCOC)n1. The normalized spacial score (nSPS) is 10.2. The predicted molar refractivity (Wildman–Crippen MR) is 78.7 cm³/mol. The second-order valence-corrected chi connectivity index (χ2v) is 4.06. The highest BCUT2D eigenvalue weighted by Gasteiger charge is 2.12. The van der Waals surface area contributed by atoms with E-state index in [1.54, 1.807) is 14.2 Å². The Morgan fingerprint density at radius 3 is 2.57 bits per heavy atom. The summed E-state index contributed by atoms with van der Waals surface area (Å²) in [6, 6.07) is 7.78. The lowest BCUT2D eigenvalue weighted by molar-refractivity contribution is 0.146. The van der Waals surface area contributed by atoms with E-state index in [1.807, 2.05) is 24.3 Å². The summed E-state index contributed by atoms with van der Waals surface area (Å²) in [5, 5.41) is 2.88. The monoisotopic (exact) mass is 290 g/mol. The molecule has 0 saturated heterocycles. The molecule has 2 aromatic rings. The number of rotatable bonds is 7. The van der Waals surface area contributed by atoms with Crippen molar-refractivity contribution in [2.45, 2.75) is 0 Å². The maximum absolute atomic E-state index is 5.69. The van der Waals surface area contributed by atoms with Crippen molar-refractivity contribution in [1.82, 2.24) is 15.0 Å². The Kier molecular flexibility index (Phi) is 5.28. The number of ether oxygens (including phenoxy) is 3. The topological polar surface area (TPSA) is 78.4 Å². The molecule has 7 nitrogen and oxygen atoms in total. The van der Waals surface area contributed by atoms with Gasteiger partial charge in [-0.2, -0.15) is 15.0 Å². The number of nitrogens with one attached hydrogen (secondary N) is 1. The summed E-state index contributed by atoms with van der Waals surface area (Å²) in [6.07, 6.45) is 0. The lowest BCUT2D eigenvalue weighted by Crippen LogP contribution is -2.07. The van der Waals surface area contributed by atoms with Crippen LogP contribution < -0.4 is 14.8 Å². The number of benzene rings is 1. The average molecular weight is 290 g/mol. The summed E-state index contributed by atoms with van der Waals surface area (Å²) >= 11 is 0. The van der Waals surface area contributed by atoms with Crippen LogP contribution in [0, 0.1) is 0 Å². The Bertz CT molecular complexity index is 570. The molecule has 7 heteroatoms. The molecule has 0 bridgehead atoms. The van der Waals surface area contributed by atoms with Crippen LogP contribution in [-0.2, 0) is 4.74 Å². The van der Waals surface area contributed by atoms with Gasteiger partial charge >= 0.3 is 6.01 Å². The van der Waals surface area contributed by atoms with Gasteiger partial charge in [0, 0.05) is 14.2 Å². The van der Waals surface area contributed by atoms with E-state index >= 15 is 0 Å². The van der Waals surface area contributed by atoms with Gasteiger partial charge in [0.1, 0.15) is 12.4 Å². The smallest absolute Gasteiger partial charge is 0.321 e. The molecule has 0 aliphatic rings. The van der Waals surface area contributed by atoms with E-state index in [-0.39, 0.29) is 6.01 Å². The van der Waals surface area contributed by atoms with Gasteiger partial charge < -0.3 is 19.5 Å². The molecular formula is C14H18N4O3. The van der Waals surface area contributed by atoms with Crippen LogP contribution in [0.3, 0.4) is 0 Å². The molecule has 0 atom stereocenters. The van der Waals surface area contributed by atoms with Crippen molar-refractivity contribution in [1.29, 1.82) is 0 Å². The van der Waals surface area contributed by atoms with Crippen LogP contribution in [0.15, 0.2) is 24.3 Å². The van der Waals surface area contributed by atoms with E-state index in [2.05, 4.69) is 20.3 Å². The largest absolute Gasteiger partial charge is 0.490 e. The quantitative estimate of drug-likeness (QED) is 0.776. The second kappa shape index (κ2) is 7.39. The first-order valence-electron chi connectivity index (χ1n) is 6.47. The summed E-state index contributed by atoms with van der Waals surface area (Å²) in [5.41, 5.74) is 0.769.